The fourth-order valence-corrected chi connectivity index (χ4v) is 4.33. The second-order valence-electron chi connectivity index (χ2n) is 6.02. The third-order valence-corrected chi connectivity index (χ3v) is 5.47. The minimum atomic E-state index is -0.485. The van der Waals surface area contributed by atoms with E-state index in [2.05, 4.69) is 11.4 Å². The molecule has 0 radical (unpaired) electrons. The van der Waals surface area contributed by atoms with Gasteiger partial charge in [0.15, 0.2) is 0 Å². The predicted molar refractivity (Wildman–Crippen MR) is 79.0 cm³/mol. The van der Waals surface area contributed by atoms with Gasteiger partial charge >= 0.3 is 0 Å². The number of thioether (sulfide) groups is 1. The number of nitrogens with one attached hydrogen (secondary N) is 1. The molecule has 2 unspecified atom stereocenters. The summed E-state index contributed by atoms with van der Waals surface area (Å²) in [5.74, 6) is -0.804. The molecule has 0 saturated heterocycles. The van der Waals surface area contributed by atoms with E-state index in [1.54, 1.807) is 0 Å². The van der Waals surface area contributed by atoms with Gasteiger partial charge in [-0.05, 0) is 56.7 Å². The topological polar surface area (TPSA) is 35.8 Å². The summed E-state index contributed by atoms with van der Waals surface area (Å²) in [5, 5.41) is 13.2. The molecule has 0 aromatic heterocycles. The van der Waals surface area contributed by atoms with Gasteiger partial charge in [-0.25, -0.2) is 8.78 Å². The van der Waals surface area contributed by atoms with Crippen molar-refractivity contribution in [1.29, 1.82) is 5.26 Å². The minimum Gasteiger partial charge on any atom is -0.297 e. The Morgan fingerprint density at radius 1 is 1.29 bits per heavy atom. The smallest absolute Gasteiger partial charge is 0.136 e. The Kier molecular flexibility index (Phi) is 4.19. The highest BCUT2D eigenvalue weighted by molar-refractivity contribution is 8.00. The van der Waals surface area contributed by atoms with Crippen LogP contribution < -0.4 is 5.32 Å². The Balaban J connectivity index is 1.70. The van der Waals surface area contributed by atoms with E-state index < -0.39 is 11.4 Å². The molecule has 2 nitrogen and oxygen atoms in total. The van der Waals surface area contributed by atoms with E-state index in [-0.39, 0.29) is 11.1 Å². The van der Waals surface area contributed by atoms with Crippen LogP contribution in [0, 0.1) is 23.0 Å². The van der Waals surface area contributed by atoms with E-state index >= 15 is 0 Å². The number of rotatable bonds is 4. The Morgan fingerprint density at radius 2 is 2.10 bits per heavy atom. The van der Waals surface area contributed by atoms with Crippen LogP contribution in [0.4, 0.5) is 8.78 Å². The summed E-state index contributed by atoms with van der Waals surface area (Å²) in [7, 11) is 0. The molecule has 0 bridgehead atoms. The summed E-state index contributed by atoms with van der Waals surface area (Å²) in [6.45, 7) is 0. The molecule has 3 rings (SSSR count). The highest BCUT2D eigenvalue weighted by Crippen LogP contribution is 2.40. The van der Waals surface area contributed by atoms with E-state index in [0.717, 1.165) is 38.2 Å². The molecule has 21 heavy (non-hydrogen) atoms. The van der Waals surface area contributed by atoms with Gasteiger partial charge < -0.3 is 0 Å². The molecule has 0 aliphatic heterocycles. The lowest BCUT2D eigenvalue weighted by Crippen LogP contribution is -2.49. The van der Waals surface area contributed by atoms with Gasteiger partial charge in [0.2, 0.25) is 0 Å². The normalized spacial score (nSPS) is 29.1. The number of benzene rings is 1. The van der Waals surface area contributed by atoms with Crippen LogP contribution in [0.3, 0.4) is 0 Å². The molecule has 2 aliphatic rings. The van der Waals surface area contributed by atoms with Gasteiger partial charge in [0.25, 0.3) is 0 Å². The van der Waals surface area contributed by atoms with Crippen molar-refractivity contribution >= 4 is 11.8 Å². The maximum Gasteiger partial charge on any atom is 0.136 e. The molecule has 0 amide bonds. The highest BCUT2D eigenvalue weighted by Gasteiger charge is 2.40. The minimum absolute atomic E-state index is 0.154. The summed E-state index contributed by atoms with van der Waals surface area (Å²) < 4.78 is 27.0. The number of halogens is 2. The van der Waals surface area contributed by atoms with Crippen LogP contribution in [0.2, 0.25) is 0 Å². The molecule has 2 fully saturated rings. The van der Waals surface area contributed by atoms with Crippen LogP contribution in [0.25, 0.3) is 0 Å². The molecule has 2 aliphatic carbocycles. The number of hydrogen-bond donors (Lipinski definition) is 1. The molecule has 5 heteroatoms. The Bertz CT molecular complexity index is 568. The number of nitrogens with zero attached hydrogens (tertiary/aromatic N) is 1. The fourth-order valence-electron chi connectivity index (χ4n) is 2.96. The summed E-state index contributed by atoms with van der Waals surface area (Å²) in [6.07, 6.45) is 5.71. The number of nitriles is 1. The van der Waals surface area contributed by atoms with Crippen LogP contribution in [-0.4, -0.2) is 16.8 Å². The standard InChI is InChI=1S/C16H18F2N2S/c17-11-3-6-14(18)15(8-11)21-13-2-1-7-16(9-13,10-19)20-12-4-5-12/h3,6,8,12-13,20H,1-2,4-5,7,9H2. The number of hydrogen-bond acceptors (Lipinski definition) is 3. The lowest BCUT2D eigenvalue weighted by molar-refractivity contribution is 0.301. The van der Waals surface area contributed by atoms with Crippen LogP contribution >= 0.6 is 11.8 Å². The van der Waals surface area contributed by atoms with Crippen molar-refractivity contribution in [1.82, 2.24) is 5.32 Å². The van der Waals surface area contributed by atoms with Gasteiger partial charge in [-0.3, -0.25) is 5.32 Å². The van der Waals surface area contributed by atoms with Crippen molar-refractivity contribution < 1.29 is 8.78 Å². The van der Waals surface area contributed by atoms with Crippen molar-refractivity contribution in [2.24, 2.45) is 0 Å². The van der Waals surface area contributed by atoms with Gasteiger partial charge in [-0.2, -0.15) is 5.26 Å². The highest BCUT2D eigenvalue weighted by atomic mass is 32.2. The Morgan fingerprint density at radius 3 is 2.81 bits per heavy atom. The zero-order valence-corrected chi connectivity index (χ0v) is 12.6. The zero-order chi connectivity index (χ0) is 14.9. The summed E-state index contributed by atoms with van der Waals surface area (Å²) in [6, 6.07) is 6.46. The van der Waals surface area contributed by atoms with Gasteiger partial charge in [0, 0.05) is 16.2 Å². The monoisotopic (exact) mass is 308 g/mol. The average Bonchev–Trinajstić information content (AvgIpc) is 3.27. The van der Waals surface area contributed by atoms with E-state index in [9.17, 15) is 14.0 Å². The van der Waals surface area contributed by atoms with Gasteiger partial charge in [0.1, 0.15) is 17.2 Å². The van der Waals surface area contributed by atoms with Crippen LogP contribution in [0.15, 0.2) is 23.1 Å². The Labute approximate surface area is 127 Å². The first-order valence-electron chi connectivity index (χ1n) is 7.41. The summed E-state index contributed by atoms with van der Waals surface area (Å²) >= 11 is 1.36. The first-order chi connectivity index (χ1) is 10.1. The molecular formula is C16H18F2N2S. The maximum absolute atomic E-state index is 13.8. The van der Waals surface area contributed by atoms with Gasteiger partial charge in [0.05, 0.1) is 6.07 Å². The quantitative estimate of drug-likeness (QED) is 0.913. The van der Waals surface area contributed by atoms with Crippen LogP contribution in [-0.2, 0) is 0 Å². The predicted octanol–water partition coefficient (Wildman–Crippen LogP) is 4.01. The van der Waals surface area contributed by atoms with E-state index in [1.165, 1.54) is 23.9 Å². The van der Waals surface area contributed by atoms with Crippen molar-refractivity contribution in [3.05, 3.63) is 29.8 Å². The molecule has 2 atom stereocenters. The lowest BCUT2D eigenvalue weighted by atomic mass is 9.82. The molecule has 1 N–H and O–H groups in total. The second-order valence-corrected chi connectivity index (χ2v) is 7.37. The second kappa shape index (κ2) is 5.94. The van der Waals surface area contributed by atoms with Crippen molar-refractivity contribution in [3.63, 3.8) is 0 Å². The van der Waals surface area contributed by atoms with Crippen molar-refractivity contribution in [2.75, 3.05) is 0 Å². The SMILES string of the molecule is N#CC1(NC2CC2)CCCC(Sc2cc(F)ccc2F)C1. The van der Waals surface area contributed by atoms with Gasteiger partial charge in [-0.1, -0.05) is 0 Å². The first-order valence-corrected chi connectivity index (χ1v) is 8.29. The largest absolute Gasteiger partial charge is 0.297 e. The third kappa shape index (κ3) is 3.56. The molecule has 1 aromatic carbocycles. The van der Waals surface area contributed by atoms with Crippen LogP contribution in [0.5, 0.6) is 0 Å². The molecule has 2 saturated carbocycles. The Hall–Kier alpha value is -1.12. The average molecular weight is 308 g/mol. The molecule has 112 valence electrons. The zero-order valence-electron chi connectivity index (χ0n) is 11.7. The maximum atomic E-state index is 13.8. The van der Waals surface area contributed by atoms with Crippen molar-refractivity contribution in [2.45, 2.75) is 60.3 Å². The molecular weight excluding hydrogens is 290 g/mol. The molecule has 0 spiro atoms. The van der Waals surface area contributed by atoms with E-state index in [1.807, 2.05) is 0 Å². The van der Waals surface area contributed by atoms with Gasteiger partial charge in [-0.15, -0.1) is 11.8 Å². The third-order valence-electron chi connectivity index (χ3n) is 4.16. The fraction of sp³-hybridized carbons (Fsp3) is 0.562. The van der Waals surface area contributed by atoms with E-state index in [4.69, 9.17) is 0 Å². The lowest BCUT2D eigenvalue weighted by Gasteiger charge is -2.36. The summed E-state index contributed by atoms with van der Waals surface area (Å²) in [4.78, 5) is 0.347. The van der Waals surface area contributed by atoms with E-state index in [0.29, 0.717) is 17.4 Å². The molecule has 1 aromatic rings. The van der Waals surface area contributed by atoms with Crippen LogP contribution in [0.1, 0.15) is 38.5 Å². The summed E-state index contributed by atoms with van der Waals surface area (Å²) in [5.41, 5.74) is -0.485. The van der Waals surface area contributed by atoms with Crippen molar-refractivity contribution in [3.8, 4) is 6.07 Å². The molecule has 0 heterocycles. The first kappa shape index (κ1) is 14.8.